The van der Waals surface area contributed by atoms with Gasteiger partial charge in [0.2, 0.25) is 15.9 Å². The average Bonchev–Trinajstić information content (AvgIpc) is 0.770. The van der Waals surface area contributed by atoms with Crippen LogP contribution in [0.5, 0.6) is 28.7 Å². The zero-order chi connectivity index (χ0) is 86.1. The lowest BCUT2D eigenvalue weighted by molar-refractivity contribution is -0.137. The van der Waals surface area contributed by atoms with Crippen molar-refractivity contribution in [1.82, 2.24) is 59.0 Å². The number of sulfonamides is 1. The van der Waals surface area contributed by atoms with Crippen LogP contribution in [-0.2, 0) is 67.6 Å². The fourth-order valence-corrected chi connectivity index (χ4v) is 15.8. The molecule has 0 aliphatic carbocycles. The molecule has 0 bridgehead atoms. The van der Waals surface area contributed by atoms with Crippen LogP contribution in [0.25, 0.3) is 0 Å². The maximum Gasteiger partial charge on any atom is 0.219 e. The molecule has 5 aliphatic rings. The van der Waals surface area contributed by atoms with Crippen LogP contribution in [0.15, 0.2) is 152 Å². The van der Waals surface area contributed by atoms with E-state index in [2.05, 4.69) is 49.8 Å². The molecule has 0 spiro atoms. The van der Waals surface area contributed by atoms with E-state index in [0.717, 1.165) is 79.2 Å². The second kappa shape index (κ2) is 40.6. The Morgan fingerprint density at radius 3 is 0.875 bits per heavy atom. The van der Waals surface area contributed by atoms with Gasteiger partial charge >= 0.3 is 0 Å². The van der Waals surface area contributed by atoms with Crippen LogP contribution in [0.4, 0.5) is 0 Å². The lowest BCUT2D eigenvalue weighted by Gasteiger charge is -2.38. The minimum atomic E-state index is -3.18. The summed E-state index contributed by atoms with van der Waals surface area (Å²) < 4.78 is 86.6. The SMILES string of the molecule is CC(=O)N1CC(Oc2cc(C)nc(C(=O)Cc3ccc(C)cn3)c2)C1.Cc1ccc(CC(=O)c2cc(OC3CN(S(C)(=O)=O)C3)cc(C)n2)nc1.Cc1ccc(CC(=O)c2cc(OC3CS(=O)(=O)C3)cc(C)n2)nc1.Cc1ccc(CC(=O)c2cc(OC3CS(=O)C3)cc(C)n2)nc1.Cc1ccc(CC(=O)c2cc(OC3CSC3)cc(C)n2)nc1. The summed E-state index contributed by atoms with van der Waals surface area (Å²) in [5.41, 5.74) is 14.2. The Labute approximate surface area is 705 Å². The van der Waals surface area contributed by atoms with E-state index in [1.165, 1.54) is 10.6 Å². The third-order valence-electron chi connectivity index (χ3n) is 19.0. The summed E-state index contributed by atoms with van der Waals surface area (Å²) in [5.74, 6) is 5.66. The van der Waals surface area contributed by atoms with Crippen LogP contribution in [0, 0.1) is 69.2 Å². The van der Waals surface area contributed by atoms with E-state index in [4.69, 9.17) is 23.7 Å². The number of pyridine rings is 10. The van der Waals surface area contributed by atoms with Gasteiger partial charge in [0.25, 0.3) is 0 Å². The molecular weight excluding hydrogens is 1610 g/mol. The van der Waals surface area contributed by atoms with Crippen molar-refractivity contribution in [2.45, 2.75) is 139 Å². The van der Waals surface area contributed by atoms with Crippen molar-refractivity contribution in [3.63, 3.8) is 0 Å². The first-order valence-electron chi connectivity index (χ1n) is 38.9. The molecule has 120 heavy (non-hydrogen) atoms. The molecule has 15 rings (SSSR count). The van der Waals surface area contributed by atoms with Gasteiger partial charge in [-0.15, -0.1) is 0 Å². The third-order valence-corrected chi connectivity index (χ3v) is 24.7. The van der Waals surface area contributed by atoms with E-state index in [9.17, 15) is 49.8 Å². The molecule has 1 amide bonds. The van der Waals surface area contributed by atoms with Gasteiger partial charge in [0.05, 0.1) is 87.6 Å². The molecule has 32 heteroatoms. The van der Waals surface area contributed by atoms with Crippen molar-refractivity contribution in [1.29, 1.82) is 0 Å². The predicted octanol–water partition coefficient (Wildman–Crippen LogP) is 10.4. The topological polar surface area (TPSA) is 369 Å². The molecule has 15 heterocycles. The van der Waals surface area contributed by atoms with Crippen LogP contribution >= 0.6 is 11.8 Å². The number of sulfone groups is 1. The number of aryl methyl sites for hydroxylation is 10. The molecule has 0 aromatic carbocycles. The highest BCUT2D eigenvalue weighted by Crippen LogP contribution is 2.29. The smallest absolute Gasteiger partial charge is 0.219 e. The van der Waals surface area contributed by atoms with E-state index in [-0.39, 0.29) is 109 Å². The number of likely N-dealkylation sites (tertiary alicyclic amines) is 1. The minimum Gasteiger partial charge on any atom is -0.489 e. The first-order valence-corrected chi connectivity index (χ1v) is 45.2. The highest BCUT2D eigenvalue weighted by atomic mass is 32.2. The average molecular weight is 1710 g/mol. The summed E-state index contributed by atoms with van der Waals surface area (Å²) in [4.78, 5) is 118. The van der Waals surface area contributed by atoms with Crippen LogP contribution in [0.1, 0.15) is 144 Å². The van der Waals surface area contributed by atoms with Gasteiger partial charge in [-0.25, -0.2) is 41.8 Å². The van der Waals surface area contributed by atoms with Gasteiger partial charge < -0.3 is 28.6 Å². The van der Waals surface area contributed by atoms with Gasteiger partial charge in [0, 0.05) is 178 Å². The monoisotopic (exact) mass is 1700 g/mol. The van der Waals surface area contributed by atoms with E-state index >= 15 is 0 Å². The highest BCUT2D eigenvalue weighted by Gasteiger charge is 2.37. The van der Waals surface area contributed by atoms with Crippen molar-refractivity contribution in [2.75, 3.05) is 67.0 Å². The van der Waals surface area contributed by atoms with E-state index < -0.39 is 30.7 Å². The Morgan fingerprint density at radius 1 is 0.392 bits per heavy atom. The van der Waals surface area contributed by atoms with Crippen molar-refractivity contribution < 1.29 is 73.5 Å². The highest BCUT2D eigenvalue weighted by molar-refractivity contribution is 8.00. The largest absolute Gasteiger partial charge is 0.489 e. The summed E-state index contributed by atoms with van der Waals surface area (Å²) in [7, 11) is -6.89. The number of Topliss-reactive ketones (excluding diaryl/α,β-unsaturated/α-hetero) is 5. The number of rotatable bonds is 26. The van der Waals surface area contributed by atoms with Crippen molar-refractivity contribution in [3.05, 3.63) is 266 Å². The summed E-state index contributed by atoms with van der Waals surface area (Å²) >= 11 is 1.87. The van der Waals surface area contributed by atoms with Crippen molar-refractivity contribution in [3.8, 4) is 28.7 Å². The van der Waals surface area contributed by atoms with Crippen molar-refractivity contribution in [2.24, 2.45) is 0 Å². The van der Waals surface area contributed by atoms with Gasteiger partial charge in [0.15, 0.2) is 38.8 Å². The molecule has 0 unspecified atom stereocenters. The fraction of sp³-hybridized carbons (Fsp3) is 0.364. The number of nitrogens with zero attached hydrogens (tertiary/aromatic N) is 12. The molecule has 10 aromatic rings. The maximum atomic E-state index is 12.5. The Hall–Kier alpha value is -11.3. The van der Waals surface area contributed by atoms with Gasteiger partial charge in [-0.2, -0.15) is 16.1 Å². The quantitative estimate of drug-likeness (QED) is 0.0455. The van der Waals surface area contributed by atoms with Crippen LogP contribution < -0.4 is 23.7 Å². The first kappa shape index (κ1) is 89.5. The molecule has 10 aromatic heterocycles. The molecule has 5 aliphatic heterocycles. The molecular formula is C88H96N12O16S4. The van der Waals surface area contributed by atoms with Gasteiger partial charge in [-0.3, -0.25) is 57.9 Å². The number of hydrogen-bond donors (Lipinski definition) is 0. The lowest BCUT2D eigenvalue weighted by Crippen LogP contribution is -2.55. The molecule has 5 fully saturated rings. The summed E-state index contributed by atoms with van der Waals surface area (Å²) in [5, 5.41) is 0. The summed E-state index contributed by atoms with van der Waals surface area (Å²) in [6.07, 6.45) is 10.5. The Morgan fingerprint density at radius 2 is 0.650 bits per heavy atom. The third kappa shape index (κ3) is 27.4. The lowest BCUT2D eigenvalue weighted by atomic mass is 10.1. The normalized spacial score (nSPS) is 16.1. The van der Waals surface area contributed by atoms with Gasteiger partial charge in [0.1, 0.15) is 87.7 Å². The number of ether oxygens (including phenoxy) is 5. The molecule has 0 radical (unpaired) electrons. The fourth-order valence-electron chi connectivity index (χ4n) is 12.3. The van der Waals surface area contributed by atoms with Crippen LogP contribution in [0.3, 0.4) is 0 Å². The Bertz CT molecular complexity index is 5620. The molecule has 28 nitrogen and oxygen atoms in total. The van der Waals surface area contributed by atoms with Gasteiger partial charge in [-0.1, -0.05) is 30.3 Å². The second-order valence-electron chi connectivity index (χ2n) is 30.4. The van der Waals surface area contributed by atoms with Gasteiger partial charge in [-0.05, 0) is 127 Å². The molecule has 628 valence electrons. The Balaban J connectivity index is 0.000000147. The molecule has 0 saturated carbocycles. The number of thioether (sulfide) groups is 1. The number of amides is 1. The van der Waals surface area contributed by atoms with E-state index in [1.807, 2.05) is 134 Å². The van der Waals surface area contributed by atoms with Crippen LogP contribution in [0.2, 0.25) is 0 Å². The van der Waals surface area contributed by atoms with E-state index in [0.29, 0.717) is 112 Å². The van der Waals surface area contributed by atoms with E-state index in [1.54, 1.807) is 111 Å². The molecule has 5 saturated heterocycles. The number of carbonyl (C=O) groups excluding carboxylic acids is 6. The number of aromatic nitrogens is 10. The number of hydrogen-bond acceptors (Lipinski definition) is 27. The number of ketones is 5. The number of carbonyl (C=O) groups is 6. The van der Waals surface area contributed by atoms with Crippen LogP contribution in [-0.4, -0.2) is 212 Å². The zero-order valence-corrected chi connectivity index (χ0v) is 72.2. The maximum absolute atomic E-state index is 12.5. The minimum absolute atomic E-state index is 0.0188. The first-order chi connectivity index (χ1) is 57.0. The standard InChI is InChI=1S/C19H21N3O3.C18H21N3O4S.C17H18N2O4S.C17H18N2O3S.C17H18N2O2S/c1-12-4-5-15(20-9-12)7-19(24)18-8-16(6-13(2)21-18)25-17-10-22(11-17)14(3)23;1-12-4-5-14(19-9-12)7-18(22)17-8-15(6-13(2)20-17)25-16-10-21(11-16)26(3,23)24;1-11-3-4-13(18-8-11)6-17(20)16-7-14(5-12(2)19-16)23-15-9-24(21,22)10-15;1-11-3-4-13(18-8-11)6-17(20)16-7-14(5-12(2)19-16)22-15-9-23(21)10-15;1-11-3-4-13(18-8-11)6-17(20)16-7-14(5-12(2)19-16)21-15-9-22-10-15/h4-6,8-9,17H,7,10-11H2,1-3H3;4-6,8-9,16H,7,10-11H2,1-3H3;3-5,7-8,15H,6,9-10H2,1-2H3;3-5,7-8,15H,6,9-10H2,1-2H3;3-5,7-8,15H,6,9-10H2,1-2H3. The summed E-state index contributed by atoms with van der Waals surface area (Å²) in [6, 6.07) is 36.0. The molecule has 0 N–H and O–H groups in total. The van der Waals surface area contributed by atoms with Crippen molar-refractivity contribution >= 4 is 77.2 Å². The zero-order valence-electron chi connectivity index (χ0n) is 69.0. The second-order valence-corrected chi connectivity index (χ2v) is 37.1. The molecule has 0 atom stereocenters. The predicted molar refractivity (Wildman–Crippen MR) is 455 cm³/mol. The Kier molecular flexibility index (Phi) is 30.3. The summed E-state index contributed by atoms with van der Waals surface area (Å²) in [6.45, 7) is 22.2.